The monoisotopic (exact) mass is 372 g/mol. The second kappa shape index (κ2) is 8.88. The number of carbonyl (C=O) groups excluding carboxylic acids is 2. The lowest BCUT2D eigenvalue weighted by Crippen LogP contribution is -2.43. The smallest absolute Gasteiger partial charge is 0.328 e. The summed E-state index contributed by atoms with van der Waals surface area (Å²) in [5.74, 6) is -0.491. The van der Waals surface area contributed by atoms with Crippen LogP contribution < -0.4 is 10.1 Å². The molecule has 134 valence electrons. The molecule has 2 rings (SSSR count). The van der Waals surface area contributed by atoms with Crippen LogP contribution in [0.25, 0.3) is 0 Å². The second-order valence-corrected chi connectivity index (χ2v) is 5.82. The van der Waals surface area contributed by atoms with Gasteiger partial charge < -0.3 is 14.8 Å². The van der Waals surface area contributed by atoms with E-state index in [1.165, 1.54) is 38.5 Å². The van der Waals surface area contributed by atoms with Crippen LogP contribution in [0.15, 0.2) is 42.5 Å². The van der Waals surface area contributed by atoms with Crippen molar-refractivity contribution in [1.29, 1.82) is 5.26 Å². The van der Waals surface area contributed by atoms with Gasteiger partial charge in [-0.05, 0) is 42.0 Å². The third-order valence-electron chi connectivity index (χ3n) is 3.72. The number of esters is 1. The van der Waals surface area contributed by atoms with Crippen molar-refractivity contribution in [3.63, 3.8) is 0 Å². The number of nitrogens with zero attached hydrogens (tertiary/aromatic N) is 1. The molecule has 0 saturated heterocycles. The van der Waals surface area contributed by atoms with Crippen LogP contribution >= 0.6 is 11.6 Å². The van der Waals surface area contributed by atoms with E-state index in [-0.39, 0.29) is 6.42 Å². The Kier molecular flexibility index (Phi) is 6.59. The summed E-state index contributed by atoms with van der Waals surface area (Å²) in [5, 5.41) is 11.9. The van der Waals surface area contributed by atoms with Gasteiger partial charge in [-0.25, -0.2) is 4.79 Å². The van der Waals surface area contributed by atoms with Gasteiger partial charge in [-0.3, -0.25) is 4.79 Å². The molecule has 0 aromatic heterocycles. The zero-order valence-electron chi connectivity index (χ0n) is 14.3. The topological polar surface area (TPSA) is 88.4 Å². The average molecular weight is 373 g/mol. The number of methoxy groups -OCH3 is 2. The highest BCUT2D eigenvalue weighted by molar-refractivity contribution is 6.32. The molecule has 0 aliphatic carbocycles. The Morgan fingerprint density at radius 2 is 1.88 bits per heavy atom. The minimum Gasteiger partial charge on any atom is -0.495 e. The van der Waals surface area contributed by atoms with Crippen LogP contribution in [0.2, 0.25) is 5.02 Å². The molecule has 2 aromatic carbocycles. The van der Waals surface area contributed by atoms with Crippen LogP contribution in [0.1, 0.15) is 21.5 Å². The first-order valence-corrected chi connectivity index (χ1v) is 8.07. The molecule has 0 radical (unpaired) electrons. The summed E-state index contributed by atoms with van der Waals surface area (Å²) >= 11 is 6.10. The Morgan fingerprint density at radius 3 is 2.42 bits per heavy atom. The molecule has 0 fully saturated rings. The molecule has 0 aliphatic rings. The number of ether oxygens (including phenoxy) is 2. The van der Waals surface area contributed by atoms with Crippen molar-refractivity contribution < 1.29 is 19.1 Å². The van der Waals surface area contributed by atoms with Crippen molar-refractivity contribution >= 4 is 23.5 Å². The van der Waals surface area contributed by atoms with E-state index in [1.54, 1.807) is 18.2 Å². The van der Waals surface area contributed by atoms with Gasteiger partial charge in [0.2, 0.25) is 0 Å². The van der Waals surface area contributed by atoms with E-state index < -0.39 is 17.9 Å². The lowest BCUT2D eigenvalue weighted by atomic mass is 10.0. The van der Waals surface area contributed by atoms with Gasteiger partial charge in [0.25, 0.3) is 5.91 Å². The minimum absolute atomic E-state index is 0.207. The maximum Gasteiger partial charge on any atom is 0.328 e. The van der Waals surface area contributed by atoms with Crippen molar-refractivity contribution in [2.45, 2.75) is 12.5 Å². The predicted molar refractivity (Wildman–Crippen MR) is 96.1 cm³/mol. The largest absolute Gasteiger partial charge is 0.495 e. The van der Waals surface area contributed by atoms with Crippen molar-refractivity contribution in [2.75, 3.05) is 14.2 Å². The van der Waals surface area contributed by atoms with E-state index in [0.29, 0.717) is 21.9 Å². The molecule has 0 heterocycles. The number of hydrogen-bond acceptors (Lipinski definition) is 5. The summed E-state index contributed by atoms with van der Waals surface area (Å²) in [7, 11) is 2.76. The summed E-state index contributed by atoms with van der Waals surface area (Å²) in [6.07, 6.45) is 0.207. The molecule has 1 amide bonds. The fourth-order valence-corrected chi connectivity index (χ4v) is 2.63. The number of nitrogens with one attached hydrogen (secondary N) is 1. The molecule has 0 aliphatic heterocycles. The summed E-state index contributed by atoms with van der Waals surface area (Å²) in [6.45, 7) is 0. The first-order chi connectivity index (χ1) is 12.5. The number of rotatable bonds is 6. The highest BCUT2D eigenvalue weighted by Gasteiger charge is 2.23. The summed E-state index contributed by atoms with van der Waals surface area (Å²) in [6, 6.07) is 12.3. The van der Waals surface area contributed by atoms with Gasteiger partial charge in [0.1, 0.15) is 11.8 Å². The van der Waals surface area contributed by atoms with Crippen LogP contribution in [-0.2, 0) is 16.0 Å². The summed E-state index contributed by atoms with van der Waals surface area (Å²) < 4.78 is 9.88. The predicted octanol–water partition coefficient (Wildman–Crippen LogP) is 2.73. The maximum atomic E-state index is 12.4. The number of carbonyl (C=O) groups is 2. The van der Waals surface area contributed by atoms with Gasteiger partial charge in [0.15, 0.2) is 0 Å². The van der Waals surface area contributed by atoms with Crippen molar-refractivity contribution in [3.05, 3.63) is 64.2 Å². The minimum atomic E-state index is -0.882. The zero-order valence-corrected chi connectivity index (χ0v) is 15.0. The molecule has 0 bridgehead atoms. The maximum absolute atomic E-state index is 12.4. The van der Waals surface area contributed by atoms with Gasteiger partial charge in [0, 0.05) is 12.0 Å². The van der Waals surface area contributed by atoms with Crippen molar-refractivity contribution in [2.24, 2.45) is 0 Å². The van der Waals surface area contributed by atoms with Crippen molar-refractivity contribution in [3.8, 4) is 11.8 Å². The Balaban J connectivity index is 2.16. The summed E-state index contributed by atoms with van der Waals surface area (Å²) in [4.78, 5) is 24.4. The quantitative estimate of drug-likeness (QED) is 0.787. The average Bonchev–Trinajstić information content (AvgIpc) is 2.67. The lowest BCUT2D eigenvalue weighted by molar-refractivity contribution is -0.142. The van der Waals surface area contributed by atoms with Crippen LogP contribution in [0, 0.1) is 11.3 Å². The van der Waals surface area contributed by atoms with Crippen LogP contribution in [0.3, 0.4) is 0 Å². The Morgan fingerprint density at radius 1 is 1.19 bits per heavy atom. The fraction of sp³-hybridized carbons (Fsp3) is 0.211. The number of hydrogen-bond donors (Lipinski definition) is 1. The first-order valence-electron chi connectivity index (χ1n) is 7.69. The SMILES string of the molecule is COC(=O)[C@@H](Cc1ccc(OC)c(Cl)c1)NC(=O)c1ccc(C#N)cc1. The van der Waals surface area contributed by atoms with Gasteiger partial charge in [-0.2, -0.15) is 5.26 Å². The number of halogens is 1. The molecule has 2 aromatic rings. The normalized spacial score (nSPS) is 11.2. The molecule has 0 saturated carbocycles. The van der Waals surface area contributed by atoms with E-state index in [0.717, 1.165) is 5.56 Å². The van der Waals surface area contributed by atoms with Gasteiger partial charge >= 0.3 is 5.97 Å². The molecule has 26 heavy (non-hydrogen) atoms. The third-order valence-corrected chi connectivity index (χ3v) is 4.02. The lowest BCUT2D eigenvalue weighted by Gasteiger charge is -2.17. The Bertz CT molecular complexity index is 844. The second-order valence-electron chi connectivity index (χ2n) is 5.41. The molecular weight excluding hydrogens is 356 g/mol. The van der Waals surface area contributed by atoms with Gasteiger partial charge in [-0.1, -0.05) is 17.7 Å². The number of nitriles is 1. The Labute approximate surface area is 156 Å². The van der Waals surface area contributed by atoms with E-state index in [1.807, 2.05) is 6.07 Å². The van der Waals surface area contributed by atoms with E-state index in [4.69, 9.17) is 26.3 Å². The van der Waals surface area contributed by atoms with Crippen LogP contribution in [0.5, 0.6) is 5.75 Å². The van der Waals surface area contributed by atoms with Crippen LogP contribution in [0.4, 0.5) is 0 Å². The molecule has 0 spiro atoms. The molecule has 0 unspecified atom stereocenters. The highest BCUT2D eigenvalue weighted by Crippen LogP contribution is 2.25. The van der Waals surface area contributed by atoms with Gasteiger partial charge in [-0.15, -0.1) is 0 Å². The molecule has 1 atom stereocenters. The van der Waals surface area contributed by atoms with Crippen LogP contribution in [-0.4, -0.2) is 32.1 Å². The summed E-state index contributed by atoms with van der Waals surface area (Å²) in [5.41, 5.74) is 1.52. The molecule has 7 heteroatoms. The van der Waals surface area contributed by atoms with Gasteiger partial charge in [0.05, 0.1) is 30.9 Å². The molecule has 1 N–H and O–H groups in total. The van der Waals surface area contributed by atoms with E-state index >= 15 is 0 Å². The highest BCUT2D eigenvalue weighted by atomic mass is 35.5. The van der Waals surface area contributed by atoms with Crippen molar-refractivity contribution in [1.82, 2.24) is 5.32 Å². The first kappa shape index (κ1) is 19.3. The third kappa shape index (κ3) is 4.74. The standard InChI is InChI=1S/C19H17ClN2O4/c1-25-17-8-5-13(9-15(17)20)10-16(19(24)26-2)22-18(23)14-6-3-12(11-21)4-7-14/h3-9,16H,10H2,1-2H3,(H,22,23)/t16-/m1/s1. The van der Waals surface area contributed by atoms with E-state index in [2.05, 4.69) is 5.32 Å². The fourth-order valence-electron chi connectivity index (χ4n) is 2.35. The molecular formula is C19H17ClN2O4. The zero-order chi connectivity index (χ0) is 19.1. The number of benzene rings is 2. The van der Waals surface area contributed by atoms with E-state index in [9.17, 15) is 9.59 Å². The Hall–Kier alpha value is -3.04. The molecule has 6 nitrogen and oxygen atoms in total. The number of amides is 1.